The summed E-state index contributed by atoms with van der Waals surface area (Å²) < 4.78 is 10.5. The van der Waals surface area contributed by atoms with E-state index in [2.05, 4.69) is 43.0 Å². The standard InChI is InChI=1S/C18H23NO2/c1-5-14(2)19(15-6-10-17(20-3)11-7-15)16-8-12-18(21-4)13-9-16/h6-14H,5H2,1-4H3. The Bertz CT molecular complexity index is 501. The second kappa shape index (κ2) is 7.02. The van der Waals surface area contributed by atoms with E-state index in [4.69, 9.17) is 9.47 Å². The van der Waals surface area contributed by atoms with Crippen LogP contribution in [0, 0.1) is 0 Å². The molecule has 0 bridgehead atoms. The van der Waals surface area contributed by atoms with E-state index < -0.39 is 0 Å². The van der Waals surface area contributed by atoms with Crippen molar-refractivity contribution in [1.82, 2.24) is 0 Å². The zero-order valence-electron chi connectivity index (χ0n) is 13.2. The number of hydrogen-bond acceptors (Lipinski definition) is 3. The van der Waals surface area contributed by atoms with Crippen molar-refractivity contribution in [2.75, 3.05) is 19.1 Å². The van der Waals surface area contributed by atoms with Gasteiger partial charge in [-0.25, -0.2) is 0 Å². The number of ether oxygens (including phenoxy) is 2. The summed E-state index contributed by atoms with van der Waals surface area (Å²) in [4.78, 5) is 2.33. The van der Waals surface area contributed by atoms with Crippen molar-refractivity contribution in [3.8, 4) is 11.5 Å². The zero-order chi connectivity index (χ0) is 15.2. The van der Waals surface area contributed by atoms with Crippen molar-refractivity contribution < 1.29 is 9.47 Å². The lowest BCUT2D eigenvalue weighted by Crippen LogP contribution is -2.27. The summed E-state index contributed by atoms with van der Waals surface area (Å²) in [7, 11) is 3.37. The number of anilines is 2. The van der Waals surface area contributed by atoms with Crippen LogP contribution >= 0.6 is 0 Å². The molecular formula is C18H23NO2. The molecular weight excluding hydrogens is 262 g/mol. The fraction of sp³-hybridized carbons (Fsp3) is 0.333. The third-order valence-electron chi connectivity index (χ3n) is 3.73. The van der Waals surface area contributed by atoms with Gasteiger partial charge in [0.05, 0.1) is 14.2 Å². The predicted molar refractivity (Wildman–Crippen MR) is 87.9 cm³/mol. The smallest absolute Gasteiger partial charge is 0.119 e. The Morgan fingerprint density at radius 3 is 1.48 bits per heavy atom. The fourth-order valence-corrected chi connectivity index (χ4v) is 2.33. The average molecular weight is 285 g/mol. The third-order valence-corrected chi connectivity index (χ3v) is 3.73. The first kappa shape index (κ1) is 15.2. The first-order chi connectivity index (χ1) is 10.2. The van der Waals surface area contributed by atoms with Gasteiger partial charge in [0.2, 0.25) is 0 Å². The molecule has 1 atom stereocenters. The van der Waals surface area contributed by atoms with Crippen molar-refractivity contribution in [1.29, 1.82) is 0 Å². The van der Waals surface area contributed by atoms with Crippen LogP contribution in [0.3, 0.4) is 0 Å². The van der Waals surface area contributed by atoms with Crippen LogP contribution < -0.4 is 14.4 Å². The second-order valence-corrected chi connectivity index (χ2v) is 5.02. The SMILES string of the molecule is CCC(C)N(c1ccc(OC)cc1)c1ccc(OC)cc1. The molecule has 112 valence electrons. The molecule has 0 spiro atoms. The summed E-state index contributed by atoms with van der Waals surface area (Å²) in [6, 6.07) is 16.8. The maximum atomic E-state index is 5.24. The van der Waals surface area contributed by atoms with E-state index in [-0.39, 0.29) is 0 Å². The van der Waals surface area contributed by atoms with Crippen LogP contribution in [0.25, 0.3) is 0 Å². The van der Waals surface area contributed by atoms with E-state index in [1.165, 1.54) is 0 Å². The number of benzene rings is 2. The molecule has 0 amide bonds. The van der Waals surface area contributed by atoms with Gasteiger partial charge >= 0.3 is 0 Å². The first-order valence-corrected chi connectivity index (χ1v) is 7.27. The molecule has 2 aromatic rings. The first-order valence-electron chi connectivity index (χ1n) is 7.27. The van der Waals surface area contributed by atoms with Gasteiger partial charge in [-0.2, -0.15) is 0 Å². The van der Waals surface area contributed by atoms with Gasteiger partial charge < -0.3 is 14.4 Å². The summed E-state index contributed by atoms with van der Waals surface area (Å²) in [5.41, 5.74) is 2.32. The minimum Gasteiger partial charge on any atom is -0.497 e. The van der Waals surface area contributed by atoms with Crippen LogP contribution in [0.1, 0.15) is 20.3 Å². The summed E-state index contributed by atoms with van der Waals surface area (Å²) in [5.74, 6) is 1.75. The highest BCUT2D eigenvalue weighted by Gasteiger charge is 2.15. The van der Waals surface area contributed by atoms with Crippen LogP contribution in [0.4, 0.5) is 11.4 Å². The van der Waals surface area contributed by atoms with E-state index in [0.717, 1.165) is 29.3 Å². The third kappa shape index (κ3) is 3.48. The number of rotatable bonds is 6. The quantitative estimate of drug-likeness (QED) is 0.771. The average Bonchev–Trinajstić information content (AvgIpc) is 2.56. The molecule has 0 aliphatic heterocycles. The maximum absolute atomic E-state index is 5.24. The lowest BCUT2D eigenvalue weighted by atomic mass is 10.1. The molecule has 21 heavy (non-hydrogen) atoms. The molecule has 1 unspecified atom stereocenters. The zero-order valence-corrected chi connectivity index (χ0v) is 13.2. The highest BCUT2D eigenvalue weighted by Crippen LogP contribution is 2.31. The van der Waals surface area contributed by atoms with Crippen LogP contribution in [0.15, 0.2) is 48.5 Å². The highest BCUT2D eigenvalue weighted by molar-refractivity contribution is 5.65. The van der Waals surface area contributed by atoms with Gasteiger partial charge in [0.25, 0.3) is 0 Å². The Balaban J connectivity index is 2.36. The minimum absolute atomic E-state index is 0.409. The minimum atomic E-state index is 0.409. The Morgan fingerprint density at radius 2 is 1.19 bits per heavy atom. The van der Waals surface area contributed by atoms with Crippen LogP contribution in [0.2, 0.25) is 0 Å². The molecule has 0 aromatic heterocycles. The van der Waals surface area contributed by atoms with Crippen molar-refractivity contribution >= 4 is 11.4 Å². The lowest BCUT2D eigenvalue weighted by molar-refractivity contribution is 0.414. The van der Waals surface area contributed by atoms with Crippen LogP contribution in [0.5, 0.6) is 11.5 Å². The molecule has 0 radical (unpaired) electrons. The van der Waals surface area contributed by atoms with Crippen molar-refractivity contribution in [3.05, 3.63) is 48.5 Å². The Morgan fingerprint density at radius 1 is 0.810 bits per heavy atom. The van der Waals surface area contributed by atoms with Gasteiger partial charge in [0.15, 0.2) is 0 Å². The monoisotopic (exact) mass is 285 g/mol. The molecule has 3 nitrogen and oxygen atoms in total. The highest BCUT2D eigenvalue weighted by atomic mass is 16.5. The predicted octanol–water partition coefficient (Wildman–Crippen LogP) is 4.64. The number of methoxy groups -OCH3 is 2. The molecule has 0 N–H and O–H groups in total. The fourth-order valence-electron chi connectivity index (χ4n) is 2.33. The molecule has 2 aromatic carbocycles. The van der Waals surface area contributed by atoms with E-state index in [9.17, 15) is 0 Å². The van der Waals surface area contributed by atoms with E-state index in [0.29, 0.717) is 6.04 Å². The van der Waals surface area contributed by atoms with Gasteiger partial charge in [-0.15, -0.1) is 0 Å². The van der Waals surface area contributed by atoms with Gasteiger partial charge in [-0.3, -0.25) is 0 Å². The van der Waals surface area contributed by atoms with Crippen molar-refractivity contribution in [3.63, 3.8) is 0 Å². The second-order valence-electron chi connectivity index (χ2n) is 5.02. The number of hydrogen-bond donors (Lipinski definition) is 0. The molecule has 2 rings (SSSR count). The molecule has 3 heteroatoms. The maximum Gasteiger partial charge on any atom is 0.119 e. The van der Waals surface area contributed by atoms with Crippen LogP contribution in [-0.4, -0.2) is 20.3 Å². The Hall–Kier alpha value is -2.16. The topological polar surface area (TPSA) is 21.7 Å². The summed E-state index contributed by atoms with van der Waals surface area (Å²) in [5, 5.41) is 0. The summed E-state index contributed by atoms with van der Waals surface area (Å²) in [6.07, 6.45) is 1.07. The largest absolute Gasteiger partial charge is 0.497 e. The van der Waals surface area contributed by atoms with Crippen molar-refractivity contribution in [2.24, 2.45) is 0 Å². The number of nitrogens with zero attached hydrogens (tertiary/aromatic N) is 1. The van der Waals surface area contributed by atoms with Crippen LogP contribution in [-0.2, 0) is 0 Å². The van der Waals surface area contributed by atoms with E-state index >= 15 is 0 Å². The van der Waals surface area contributed by atoms with Gasteiger partial charge in [-0.05, 0) is 61.9 Å². The summed E-state index contributed by atoms with van der Waals surface area (Å²) >= 11 is 0. The van der Waals surface area contributed by atoms with Gasteiger partial charge in [0, 0.05) is 17.4 Å². The lowest BCUT2D eigenvalue weighted by Gasteiger charge is -2.31. The molecule has 0 saturated carbocycles. The molecule has 0 saturated heterocycles. The Labute approximate surface area is 127 Å². The van der Waals surface area contributed by atoms with E-state index in [1.54, 1.807) is 14.2 Å². The molecule has 0 heterocycles. The molecule has 0 fully saturated rings. The Kier molecular flexibility index (Phi) is 5.09. The molecule has 0 aliphatic rings. The summed E-state index contributed by atoms with van der Waals surface area (Å²) in [6.45, 7) is 4.43. The molecule has 0 aliphatic carbocycles. The van der Waals surface area contributed by atoms with Crippen molar-refractivity contribution in [2.45, 2.75) is 26.3 Å². The van der Waals surface area contributed by atoms with Gasteiger partial charge in [0.1, 0.15) is 11.5 Å². The normalized spacial score (nSPS) is 11.8. The van der Waals surface area contributed by atoms with E-state index in [1.807, 2.05) is 24.3 Å². The van der Waals surface area contributed by atoms with Gasteiger partial charge in [-0.1, -0.05) is 6.92 Å².